The van der Waals surface area contributed by atoms with Gasteiger partial charge in [0.15, 0.2) is 0 Å². The van der Waals surface area contributed by atoms with Crippen LogP contribution in [0.2, 0.25) is 0 Å². The normalized spacial score (nSPS) is 20.7. The summed E-state index contributed by atoms with van der Waals surface area (Å²) in [5.74, 6) is 3.32. The number of nitrogens with zero attached hydrogens (tertiary/aromatic N) is 3. The molecule has 4 heterocycles. The van der Waals surface area contributed by atoms with Crippen molar-refractivity contribution in [1.29, 1.82) is 0 Å². The smallest absolute Gasteiger partial charge is 0.407 e. The molecule has 2 aliphatic carbocycles. The minimum Gasteiger partial charge on any atom is -0.479 e. The predicted molar refractivity (Wildman–Crippen MR) is 198 cm³/mol. The Balaban J connectivity index is 0.000000227. The molecule has 0 spiro atoms. The third-order valence-electron chi connectivity index (χ3n) is 9.05. The summed E-state index contributed by atoms with van der Waals surface area (Å²) in [5.41, 5.74) is 6.37. The average Bonchev–Trinajstić information content (AvgIpc) is 3.08. The van der Waals surface area contributed by atoms with Crippen molar-refractivity contribution in [1.82, 2.24) is 25.3 Å². The Bertz CT molecular complexity index is 1710. The maximum atomic E-state index is 11.8. The number of H-pyrrole nitrogens is 1. The number of anilines is 2. The number of rotatable bonds is 8. The molecule has 0 aromatic carbocycles. The van der Waals surface area contributed by atoms with Crippen molar-refractivity contribution >= 4 is 51.9 Å². The molecule has 0 unspecified atom stereocenters. The summed E-state index contributed by atoms with van der Waals surface area (Å²) in [4.78, 5) is 39.5. The zero-order valence-electron chi connectivity index (χ0n) is 29.0. The first-order valence-electron chi connectivity index (χ1n) is 17.1. The number of hydrogen-bond donors (Lipinski definition) is 5. The van der Waals surface area contributed by atoms with Crippen molar-refractivity contribution in [2.75, 3.05) is 30.8 Å². The number of ether oxygens (including phenoxy) is 2. The van der Waals surface area contributed by atoms with E-state index in [4.69, 9.17) is 15.2 Å². The van der Waals surface area contributed by atoms with E-state index < -0.39 is 5.60 Å². The lowest BCUT2D eigenvalue weighted by atomic mass is 9.86. The molecule has 12 nitrogen and oxygen atoms in total. The molecule has 49 heavy (non-hydrogen) atoms. The molecule has 0 aliphatic heterocycles. The van der Waals surface area contributed by atoms with Crippen LogP contribution < -0.4 is 32.0 Å². The van der Waals surface area contributed by atoms with Crippen molar-refractivity contribution in [2.24, 2.45) is 17.6 Å². The Labute approximate surface area is 294 Å². The zero-order chi connectivity index (χ0) is 34.1. The molecule has 266 valence electrons. The highest BCUT2D eigenvalue weighted by atomic mass is 35.5. The van der Waals surface area contributed by atoms with E-state index in [2.05, 4.69) is 35.9 Å². The van der Waals surface area contributed by atoms with Gasteiger partial charge < -0.3 is 36.1 Å². The van der Waals surface area contributed by atoms with Crippen LogP contribution in [0.25, 0.3) is 21.8 Å². The Kier molecular flexibility index (Phi) is 13.4. The number of aromatic nitrogens is 4. The summed E-state index contributed by atoms with van der Waals surface area (Å²) in [6.45, 7) is 7.07. The number of nitrogens with one attached hydrogen (secondary N) is 4. The van der Waals surface area contributed by atoms with Gasteiger partial charge in [-0.1, -0.05) is 0 Å². The number of aromatic amines is 1. The molecule has 2 fully saturated rings. The lowest BCUT2D eigenvalue weighted by molar-refractivity contribution is 0.0515. The van der Waals surface area contributed by atoms with Crippen LogP contribution >= 0.6 is 12.4 Å². The largest absolute Gasteiger partial charge is 0.479 e. The lowest BCUT2D eigenvalue weighted by Crippen LogP contribution is -2.37. The molecule has 6 N–H and O–H groups in total. The van der Waals surface area contributed by atoms with Crippen LogP contribution in [-0.2, 0) is 4.74 Å². The van der Waals surface area contributed by atoms with Gasteiger partial charge in [0.1, 0.15) is 28.3 Å². The number of methoxy groups -OCH3 is 1. The molecule has 4 aromatic heterocycles. The molecule has 2 aliphatic rings. The average molecular weight is 695 g/mol. The Morgan fingerprint density at radius 3 is 2.00 bits per heavy atom. The molecule has 6 rings (SSSR count). The summed E-state index contributed by atoms with van der Waals surface area (Å²) >= 11 is 0. The van der Waals surface area contributed by atoms with Gasteiger partial charge in [0.2, 0.25) is 5.88 Å². The van der Waals surface area contributed by atoms with Crippen LogP contribution in [0.15, 0.2) is 53.6 Å². The maximum Gasteiger partial charge on any atom is 0.407 e. The molecule has 0 atom stereocenters. The second kappa shape index (κ2) is 17.5. The zero-order valence-corrected chi connectivity index (χ0v) is 29.8. The van der Waals surface area contributed by atoms with E-state index in [-0.39, 0.29) is 24.1 Å². The van der Waals surface area contributed by atoms with Crippen molar-refractivity contribution in [3.8, 4) is 5.88 Å². The van der Waals surface area contributed by atoms with Gasteiger partial charge in [-0.25, -0.2) is 19.7 Å². The number of fused-ring (bicyclic) bond motifs is 2. The Morgan fingerprint density at radius 1 is 0.857 bits per heavy atom. The van der Waals surface area contributed by atoms with Crippen molar-refractivity contribution in [2.45, 2.75) is 89.8 Å². The van der Waals surface area contributed by atoms with Gasteiger partial charge in [-0.15, -0.1) is 12.4 Å². The monoisotopic (exact) mass is 694 g/mol. The highest BCUT2D eigenvalue weighted by molar-refractivity contribution is 5.85. The van der Waals surface area contributed by atoms with E-state index in [1.807, 2.05) is 57.2 Å². The highest BCUT2D eigenvalue weighted by Crippen LogP contribution is 2.28. The fourth-order valence-corrected chi connectivity index (χ4v) is 6.41. The minimum atomic E-state index is -0.462. The predicted octanol–water partition coefficient (Wildman–Crippen LogP) is 6.41. The van der Waals surface area contributed by atoms with E-state index >= 15 is 0 Å². The summed E-state index contributed by atoms with van der Waals surface area (Å²) in [6, 6.07) is 12.5. The molecular weight excluding hydrogens is 644 g/mol. The van der Waals surface area contributed by atoms with E-state index in [9.17, 15) is 9.59 Å². The number of hydrogen-bond acceptors (Lipinski definition) is 10. The summed E-state index contributed by atoms with van der Waals surface area (Å²) in [7, 11) is 1.61. The van der Waals surface area contributed by atoms with Crippen LogP contribution in [0.1, 0.15) is 72.1 Å². The van der Waals surface area contributed by atoms with Crippen LogP contribution in [0.5, 0.6) is 5.88 Å². The van der Waals surface area contributed by atoms with E-state index in [0.717, 1.165) is 73.0 Å². The van der Waals surface area contributed by atoms with Gasteiger partial charge in [-0.3, -0.25) is 4.79 Å². The number of nitrogens with two attached hydrogens (primary N) is 1. The van der Waals surface area contributed by atoms with Gasteiger partial charge in [-0.2, -0.15) is 0 Å². The van der Waals surface area contributed by atoms with Gasteiger partial charge in [0.05, 0.1) is 7.11 Å². The van der Waals surface area contributed by atoms with Crippen LogP contribution in [0.3, 0.4) is 0 Å². The quantitative estimate of drug-likeness (QED) is 0.139. The van der Waals surface area contributed by atoms with Gasteiger partial charge in [0.25, 0.3) is 5.56 Å². The maximum absolute atomic E-state index is 11.8. The first kappa shape index (κ1) is 37.7. The summed E-state index contributed by atoms with van der Waals surface area (Å²) in [6.07, 6.45) is 11.8. The third-order valence-corrected chi connectivity index (χ3v) is 9.05. The standard InChI is InChI=1S/C21H30N4O3.C15H20N4O.ClH/c1-21(2,3)28-20(26)23-13-14-5-8-16(9-6-14)24-17-10-7-15-11-12-22-19(27-4)18(15)25-17;16-9-10-1-4-12(5-2-10)18-13-6-3-11-7-8-17-15(20)14(11)19-13;/h7,10-12,14,16H,5-6,8-9,13H2,1-4H3,(H,23,26)(H,24,25);3,6-8,10,12H,1-2,4-5,9,16H2,(H,17,20)(H,18,19);1H. The van der Waals surface area contributed by atoms with Crippen LogP contribution in [-0.4, -0.2) is 63.9 Å². The molecule has 1 amide bonds. The topological polar surface area (TPSA) is 169 Å². The second-order valence-corrected chi connectivity index (χ2v) is 13.9. The number of alkyl carbamates (subject to hydrolysis) is 1. The van der Waals surface area contributed by atoms with Crippen LogP contribution in [0.4, 0.5) is 16.4 Å². The molecular formula is C36H51ClN8O4. The SMILES string of the molecule is COc1nccc2ccc(NC3CCC(CNC(=O)OC(C)(C)C)CC3)nc12.Cl.NCC1CCC(Nc2ccc3cc[nH]c(=O)c3n2)CC1. The number of amides is 1. The van der Waals surface area contributed by atoms with Crippen molar-refractivity contribution in [3.05, 3.63) is 59.1 Å². The van der Waals surface area contributed by atoms with Gasteiger partial charge >= 0.3 is 6.09 Å². The third kappa shape index (κ3) is 10.9. The molecule has 4 aromatic rings. The lowest BCUT2D eigenvalue weighted by Gasteiger charge is -2.30. The summed E-state index contributed by atoms with van der Waals surface area (Å²) < 4.78 is 10.6. The van der Waals surface area contributed by atoms with Gasteiger partial charge in [0, 0.05) is 41.8 Å². The highest BCUT2D eigenvalue weighted by Gasteiger charge is 2.24. The van der Waals surface area contributed by atoms with E-state index in [1.165, 1.54) is 12.8 Å². The number of halogens is 1. The van der Waals surface area contributed by atoms with Crippen molar-refractivity contribution < 1.29 is 14.3 Å². The Hall–Kier alpha value is -4.16. The fourth-order valence-electron chi connectivity index (χ4n) is 6.41. The van der Waals surface area contributed by atoms with E-state index in [0.29, 0.717) is 41.9 Å². The molecule has 0 bridgehead atoms. The minimum absolute atomic E-state index is 0. The number of pyridine rings is 4. The molecule has 2 saturated carbocycles. The first-order chi connectivity index (χ1) is 23.1. The van der Waals surface area contributed by atoms with Crippen molar-refractivity contribution in [3.63, 3.8) is 0 Å². The number of carbonyl (C=O) groups is 1. The molecule has 13 heteroatoms. The number of carbonyl (C=O) groups excluding carboxylic acids is 1. The van der Waals surface area contributed by atoms with Crippen LogP contribution in [0, 0.1) is 11.8 Å². The fraction of sp³-hybridized carbons (Fsp3) is 0.528. The Morgan fingerprint density at radius 2 is 1.43 bits per heavy atom. The summed E-state index contributed by atoms with van der Waals surface area (Å²) in [5, 5.41) is 11.7. The molecule has 0 saturated heterocycles. The van der Waals surface area contributed by atoms with E-state index in [1.54, 1.807) is 19.5 Å². The molecule has 0 radical (unpaired) electrons. The van der Waals surface area contributed by atoms with Gasteiger partial charge in [-0.05, 0) is 127 Å². The second-order valence-electron chi connectivity index (χ2n) is 13.9. The first-order valence-corrected chi connectivity index (χ1v) is 17.1.